The highest BCUT2D eigenvalue weighted by atomic mass is 35.5. The third kappa shape index (κ3) is 3.98. The quantitative estimate of drug-likeness (QED) is 0.648. The van der Waals surface area contributed by atoms with Gasteiger partial charge in [0.2, 0.25) is 0 Å². The molecule has 0 amide bonds. The molecule has 0 aliphatic carbocycles. The summed E-state index contributed by atoms with van der Waals surface area (Å²) in [6.07, 6.45) is 0. The zero-order chi connectivity index (χ0) is 11.2. The molecule has 0 radical (unpaired) electrons. The van der Waals surface area contributed by atoms with E-state index in [1.54, 1.807) is 0 Å². The molecular formula is C13H15ClN2O. The fourth-order valence-electron chi connectivity index (χ4n) is 1.39. The summed E-state index contributed by atoms with van der Waals surface area (Å²) < 4.78 is 5.62. The molecule has 0 aromatic heterocycles. The number of rotatable bonds is 4. The second-order valence-corrected chi connectivity index (χ2v) is 3.44. The summed E-state index contributed by atoms with van der Waals surface area (Å²) in [5.74, 6) is 6.11. The van der Waals surface area contributed by atoms with Crippen LogP contribution in [0.15, 0.2) is 54.6 Å². The van der Waals surface area contributed by atoms with E-state index in [1.165, 1.54) is 0 Å². The first kappa shape index (κ1) is 13.4. The molecule has 2 rings (SSSR count). The number of halogens is 1. The predicted octanol–water partition coefficient (Wildman–Crippen LogP) is 2.97. The van der Waals surface area contributed by atoms with Crippen LogP contribution in [0.2, 0.25) is 0 Å². The van der Waals surface area contributed by atoms with Gasteiger partial charge in [-0.25, -0.2) is 0 Å². The monoisotopic (exact) mass is 250 g/mol. The van der Waals surface area contributed by atoms with Crippen molar-refractivity contribution in [3.63, 3.8) is 0 Å². The molecular weight excluding hydrogens is 236 g/mol. The van der Waals surface area contributed by atoms with E-state index in [9.17, 15) is 0 Å². The maximum atomic E-state index is 5.62. The highest BCUT2D eigenvalue weighted by Gasteiger charge is 1.95. The first-order chi connectivity index (χ1) is 7.88. The maximum Gasteiger partial charge on any atom is 0.119 e. The molecule has 2 aromatic rings. The van der Waals surface area contributed by atoms with Crippen LogP contribution in [-0.4, -0.2) is 0 Å². The second kappa shape index (κ2) is 6.78. The molecule has 17 heavy (non-hydrogen) atoms. The van der Waals surface area contributed by atoms with Crippen molar-refractivity contribution >= 4 is 18.1 Å². The molecule has 0 saturated heterocycles. The number of benzene rings is 2. The molecule has 90 valence electrons. The smallest absolute Gasteiger partial charge is 0.119 e. The standard InChI is InChI=1S/C13H14N2O.ClH/c14-15-12-6-8-13(9-7-12)16-10-11-4-2-1-3-5-11;/h1-9,15H,10,14H2;1H. The highest BCUT2D eigenvalue weighted by molar-refractivity contribution is 5.85. The molecule has 0 atom stereocenters. The zero-order valence-electron chi connectivity index (χ0n) is 9.30. The van der Waals surface area contributed by atoms with E-state index in [-0.39, 0.29) is 12.4 Å². The molecule has 0 saturated carbocycles. The average Bonchev–Trinajstić information content (AvgIpc) is 2.38. The van der Waals surface area contributed by atoms with Gasteiger partial charge in [0, 0.05) is 5.69 Å². The summed E-state index contributed by atoms with van der Waals surface area (Å²) >= 11 is 0. The van der Waals surface area contributed by atoms with Gasteiger partial charge >= 0.3 is 0 Å². The Labute approximate surface area is 107 Å². The Bertz CT molecular complexity index is 431. The fraction of sp³-hybridized carbons (Fsp3) is 0.0769. The number of nitrogen functional groups attached to an aromatic ring is 1. The number of hydrazine groups is 1. The largest absolute Gasteiger partial charge is 0.489 e. The number of ether oxygens (including phenoxy) is 1. The van der Waals surface area contributed by atoms with E-state index in [2.05, 4.69) is 5.43 Å². The highest BCUT2D eigenvalue weighted by Crippen LogP contribution is 2.16. The summed E-state index contributed by atoms with van der Waals surface area (Å²) in [6, 6.07) is 17.6. The molecule has 0 aliphatic heterocycles. The Hall–Kier alpha value is -1.71. The van der Waals surface area contributed by atoms with Crippen LogP contribution in [0, 0.1) is 0 Å². The van der Waals surface area contributed by atoms with Gasteiger partial charge in [-0.1, -0.05) is 30.3 Å². The van der Waals surface area contributed by atoms with E-state index in [0.717, 1.165) is 17.0 Å². The SMILES string of the molecule is Cl.NNc1ccc(OCc2ccccc2)cc1. The molecule has 2 aromatic carbocycles. The Morgan fingerprint density at radius 1 is 0.941 bits per heavy atom. The summed E-state index contributed by atoms with van der Waals surface area (Å²) in [4.78, 5) is 0. The lowest BCUT2D eigenvalue weighted by Crippen LogP contribution is -2.06. The number of nitrogens with one attached hydrogen (secondary N) is 1. The minimum Gasteiger partial charge on any atom is -0.489 e. The summed E-state index contributed by atoms with van der Waals surface area (Å²) in [5, 5.41) is 0. The molecule has 0 spiro atoms. The van der Waals surface area contributed by atoms with Gasteiger partial charge in [-0.3, -0.25) is 5.84 Å². The lowest BCUT2D eigenvalue weighted by Gasteiger charge is -2.06. The van der Waals surface area contributed by atoms with Crippen LogP contribution in [0.1, 0.15) is 5.56 Å². The Kier molecular flexibility index (Phi) is 5.33. The predicted molar refractivity (Wildman–Crippen MR) is 72.3 cm³/mol. The molecule has 0 aliphatic rings. The normalized spacial score (nSPS) is 9.24. The van der Waals surface area contributed by atoms with Gasteiger partial charge in [0.05, 0.1) is 0 Å². The first-order valence-electron chi connectivity index (χ1n) is 5.12. The van der Waals surface area contributed by atoms with Crippen molar-refractivity contribution in [2.45, 2.75) is 6.61 Å². The number of anilines is 1. The maximum absolute atomic E-state index is 5.62. The van der Waals surface area contributed by atoms with Crippen LogP contribution < -0.4 is 16.0 Å². The van der Waals surface area contributed by atoms with E-state index >= 15 is 0 Å². The first-order valence-corrected chi connectivity index (χ1v) is 5.12. The van der Waals surface area contributed by atoms with Gasteiger partial charge in [0.15, 0.2) is 0 Å². The van der Waals surface area contributed by atoms with Crippen molar-refractivity contribution in [2.75, 3.05) is 5.43 Å². The molecule has 0 heterocycles. The van der Waals surface area contributed by atoms with Crippen LogP contribution in [-0.2, 0) is 6.61 Å². The van der Waals surface area contributed by atoms with Crippen molar-refractivity contribution < 1.29 is 4.74 Å². The van der Waals surface area contributed by atoms with Crippen molar-refractivity contribution in [2.24, 2.45) is 5.84 Å². The molecule has 0 unspecified atom stereocenters. The van der Waals surface area contributed by atoms with E-state index in [0.29, 0.717) is 6.61 Å². The van der Waals surface area contributed by atoms with Crippen LogP contribution in [0.3, 0.4) is 0 Å². The van der Waals surface area contributed by atoms with E-state index < -0.39 is 0 Å². The van der Waals surface area contributed by atoms with Crippen LogP contribution in [0.25, 0.3) is 0 Å². The van der Waals surface area contributed by atoms with Crippen molar-refractivity contribution in [1.29, 1.82) is 0 Å². The third-order valence-corrected chi connectivity index (χ3v) is 2.27. The number of nitrogens with two attached hydrogens (primary N) is 1. The second-order valence-electron chi connectivity index (χ2n) is 3.44. The summed E-state index contributed by atoms with van der Waals surface area (Å²) in [6.45, 7) is 0.580. The van der Waals surface area contributed by atoms with Gasteiger partial charge in [0.1, 0.15) is 12.4 Å². The average molecular weight is 251 g/mol. The van der Waals surface area contributed by atoms with Gasteiger partial charge in [-0.2, -0.15) is 0 Å². The van der Waals surface area contributed by atoms with Gasteiger partial charge in [-0.15, -0.1) is 12.4 Å². The summed E-state index contributed by atoms with van der Waals surface area (Å²) in [5.41, 5.74) is 4.60. The summed E-state index contributed by atoms with van der Waals surface area (Å²) in [7, 11) is 0. The van der Waals surface area contributed by atoms with Crippen molar-refractivity contribution in [1.82, 2.24) is 0 Å². The number of hydrogen-bond acceptors (Lipinski definition) is 3. The molecule has 3 N–H and O–H groups in total. The Balaban J connectivity index is 0.00000144. The van der Waals surface area contributed by atoms with E-state index in [4.69, 9.17) is 10.6 Å². The fourth-order valence-corrected chi connectivity index (χ4v) is 1.39. The minimum atomic E-state index is 0. The topological polar surface area (TPSA) is 47.3 Å². The minimum absolute atomic E-state index is 0. The zero-order valence-corrected chi connectivity index (χ0v) is 10.1. The molecule has 0 fully saturated rings. The molecule has 0 bridgehead atoms. The van der Waals surface area contributed by atoms with Crippen LogP contribution in [0.4, 0.5) is 5.69 Å². The molecule has 3 nitrogen and oxygen atoms in total. The van der Waals surface area contributed by atoms with Crippen LogP contribution in [0.5, 0.6) is 5.75 Å². The van der Waals surface area contributed by atoms with Crippen molar-refractivity contribution in [3.05, 3.63) is 60.2 Å². The Morgan fingerprint density at radius 2 is 1.59 bits per heavy atom. The lowest BCUT2D eigenvalue weighted by molar-refractivity contribution is 0.306. The van der Waals surface area contributed by atoms with Gasteiger partial charge < -0.3 is 10.2 Å². The van der Waals surface area contributed by atoms with Gasteiger partial charge in [0.25, 0.3) is 0 Å². The van der Waals surface area contributed by atoms with E-state index in [1.807, 2.05) is 54.6 Å². The van der Waals surface area contributed by atoms with Crippen molar-refractivity contribution in [3.8, 4) is 5.75 Å². The Morgan fingerprint density at radius 3 is 2.18 bits per heavy atom. The third-order valence-electron chi connectivity index (χ3n) is 2.27. The van der Waals surface area contributed by atoms with Crippen LogP contribution >= 0.6 is 12.4 Å². The molecule has 4 heteroatoms. The van der Waals surface area contributed by atoms with Gasteiger partial charge in [-0.05, 0) is 29.8 Å². The number of hydrogen-bond donors (Lipinski definition) is 2. The lowest BCUT2D eigenvalue weighted by atomic mass is 10.2.